The van der Waals surface area contributed by atoms with Gasteiger partial charge in [-0.3, -0.25) is 9.78 Å². The number of amides is 1. The highest BCUT2D eigenvalue weighted by atomic mass is 16.1. The van der Waals surface area contributed by atoms with Crippen LogP contribution in [0.15, 0.2) is 72.0 Å². The summed E-state index contributed by atoms with van der Waals surface area (Å²) >= 11 is 0. The van der Waals surface area contributed by atoms with Gasteiger partial charge < -0.3 is 10.6 Å². The van der Waals surface area contributed by atoms with Crippen molar-refractivity contribution in [2.75, 3.05) is 7.05 Å². The molecular formula is C33H41N3O. The summed E-state index contributed by atoms with van der Waals surface area (Å²) in [7, 11) is 1.70. The molecule has 37 heavy (non-hydrogen) atoms. The molecule has 1 aromatic carbocycles. The van der Waals surface area contributed by atoms with Crippen molar-refractivity contribution in [1.29, 1.82) is 0 Å². The van der Waals surface area contributed by atoms with E-state index in [4.69, 9.17) is 4.98 Å². The van der Waals surface area contributed by atoms with Gasteiger partial charge in [0.2, 0.25) is 5.91 Å². The van der Waals surface area contributed by atoms with Crippen LogP contribution in [0.2, 0.25) is 0 Å². The van der Waals surface area contributed by atoms with Gasteiger partial charge in [0.25, 0.3) is 0 Å². The molecule has 0 saturated carbocycles. The molecule has 3 rings (SSSR count). The van der Waals surface area contributed by atoms with Gasteiger partial charge in [0.15, 0.2) is 0 Å². The fourth-order valence-corrected chi connectivity index (χ4v) is 4.61. The van der Waals surface area contributed by atoms with Gasteiger partial charge in [-0.2, -0.15) is 0 Å². The molecule has 194 valence electrons. The highest BCUT2D eigenvalue weighted by Gasteiger charge is 2.15. The fourth-order valence-electron chi connectivity index (χ4n) is 4.61. The molecule has 2 aromatic rings. The molecule has 1 atom stereocenters. The number of unbranched alkanes of at least 4 members (excludes halogenated alkanes) is 1. The van der Waals surface area contributed by atoms with Gasteiger partial charge in [-0.05, 0) is 91.1 Å². The summed E-state index contributed by atoms with van der Waals surface area (Å²) in [4.78, 5) is 16.9. The summed E-state index contributed by atoms with van der Waals surface area (Å²) in [6.45, 7) is 12.6. The molecule has 0 saturated heterocycles. The zero-order chi connectivity index (χ0) is 26.8. The molecule has 0 spiro atoms. The predicted molar refractivity (Wildman–Crippen MR) is 158 cm³/mol. The first-order chi connectivity index (χ1) is 17.9. The quantitative estimate of drug-likeness (QED) is 0.410. The number of allylic oxidation sites excluding steroid dienone is 6. The van der Waals surface area contributed by atoms with E-state index in [9.17, 15) is 4.79 Å². The molecule has 4 heteroatoms. The maximum Gasteiger partial charge on any atom is 0.222 e. The SMILES string of the molecule is C=c1ccc(C2=C(c3cccc(C)n3)NC=CC2)c/c1=C/C(=C\C)C/C(=C/CCC)C[C@@H](C)C(=O)NC. The van der Waals surface area contributed by atoms with E-state index in [-0.39, 0.29) is 11.8 Å². The van der Waals surface area contributed by atoms with Crippen molar-refractivity contribution in [2.24, 2.45) is 5.92 Å². The molecule has 0 radical (unpaired) electrons. The first-order valence-electron chi connectivity index (χ1n) is 13.3. The van der Waals surface area contributed by atoms with Gasteiger partial charge >= 0.3 is 0 Å². The number of benzene rings is 1. The van der Waals surface area contributed by atoms with Crippen molar-refractivity contribution in [3.05, 3.63) is 99.4 Å². The van der Waals surface area contributed by atoms with E-state index in [1.165, 1.54) is 22.3 Å². The van der Waals surface area contributed by atoms with Crippen LogP contribution in [-0.2, 0) is 4.79 Å². The third-order valence-corrected chi connectivity index (χ3v) is 6.73. The number of aryl methyl sites for hydroxylation is 1. The Morgan fingerprint density at radius 3 is 2.78 bits per heavy atom. The van der Waals surface area contributed by atoms with Crippen LogP contribution >= 0.6 is 0 Å². The Hall–Kier alpha value is -3.66. The maximum atomic E-state index is 12.2. The molecule has 1 aliphatic rings. The van der Waals surface area contributed by atoms with E-state index < -0.39 is 0 Å². The molecule has 1 aliphatic heterocycles. The molecule has 0 bridgehead atoms. The molecular weight excluding hydrogens is 454 g/mol. The Morgan fingerprint density at radius 1 is 1.27 bits per heavy atom. The molecule has 1 amide bonds. The van der Waals surface area contributed by atoms with Crippen molar-refractivity contribution in [2.45, 2.75) is 59.8 Å². The monoisotopic (exact) mass is 495 g/mol. The van der Waals surface area contributed by atoms with E-state index in [0.29, 0.717) is 0 Å². The summed E-state index contributed by atoms with van der Waals surface area (Å²) in [6, 6.07) is 12.6. The summed E-state index contributed by atoms with van der Waals surface area (Å²) in [6.07, 6.45) is 15.4. The van der Waals surface area contributed by atoms with Crippen LogP contribution in [0.5, 0.6) is 0 Å². The Labute approximate surface area is 222 Å². The lowest BCUT2D eigenvalue weighted by Gasteiger charge is -2.19. The molecule has 4 nitrogen and oxygen atoms in total. The first-order valence-corrected chi connectivity index (χ1v) is 13.3. The zero-order valence-corrected chi connectivity index (χ0v) is 23.0. The number of carbonyl (C=O) groups excluding carboxylic acids is 1. The van der Waals surface area contributed by atoms with Crippen molar-refractivity contribution in [3.8, 4) is 0 Å². The Kier molecular flexibility index (Phi) is 10.3. The second-order valence-corrected chi connectivity index (χ2v) is 9.74. The number of nitrogens with zero attached hydrogens (tertiary/aromatic N) is 1. The van der Waals surface area contributed by atoms with Gasteiger partial charge in [0, 0.05) is 18.7 Å². The molecule has 1 aromatic heterocycles. The van der Waals surface area contributed by atoms with Crippen LogP contribution in [0.4, 0.5) is 0 Å². The normalized spacial score (nSPS) is 15.5. The third kappa shape index (κ3) is 7.66. The number of hydrogen-bond donors (Lipinski definition) is 2. The minimum Gasteiger partial charge on any atom is -0.360 e. The number of rotatable bonds is 10. The minimum absolute atomic E-state index is 0.0506. The van der Waals surface area contributed by atoms with Crippen molar-refractivity contribution < 1.29 is 4.79 Å². The average Bonchev–Trinajstić information content (AvgIpc) is 2.91. The summed E-state index contributed by atoms with van der Waals surface area (Å²) < 4.78 is 0. The number of dihydropyridines is 1. The smallest absolute Gasteiger partial charge is 0.222 e. The zero-order valence-electron chi connectivity index (χ0n) is 23.0. The number of carbonyl (C=O) groups is 1. The Bertz CT molecular complexity index is 1340. The van der Waals surface area contributed by atoms with E-state index in [1.807, 2.05) is 32.2 Å². The predicted octanol–water partition coefficient (Wildman–Crippen LogP) is 5.79. The van der Waals surface area contributed by atoms with Gasteiger partial charge in [-0.25, -0.2) is 0 Å². The fraction of sp³-hybridized carbons (Fsp3) is 0.333. The lowest BCUT2D eigenvalue weighted by Crippen LogP contribution is -2.25. The van der Waals surface area contributed by atoms with Crippen molar-refractivity contribution in [1.82, 2.24) is 15.6 Å². The molecule has 0 unspecified atom stereocenters. The van der Waals surface area contributed by atoms with Gasteiger partial charge in [0.1, 0.15) is 0 Å². The van der Waals surface area contributed by atoms with Crippen LogP contribution < -0.4 is 21.1 Å². The summed E-state index contributed by atoms with van der Waals surface area (Å²) in [5.41, 5.74) is 7.92. The van der Waals surface area contributed by atoms with E-state index in [1.54, 1.807) is 7.05 Å². The van der Waals surface area contributed by atoms with Gasteiger partial charge in [-0.15, -0.1) is 0 Å². The van der Waals surface area contributed by atoms with Crippen LogP contribution in [0.3, 0.4) is 0 Å². The summed E-state index contributed by atoms with van der Waals surface area (Å²) in [5.74, 6) is 0.0360. The molecule has 2 N–H and O–H groups in total. The Morgan fingerprint density at radius 2 is 2.08 bits per heavy atom. The molecule has 0 fully saturated rings. The molecule has 0 aliphatic carbocycles. The minimum atomic E-state index is -0.0506. The van der Waals surface area contributed by atoms with Crippen molar-refractivity contribution in [3.63, 3.8) is 0 Å². The van der Waals surface area contributed by atoms with Crippen LogP contribution in [0.1, 0.15) is 69.8 Å². The maximum absolute atomic E-state index is 12.2. The third-order valence-electron chi connectivity index (χ3n) is 6.73. The number of nitrogens with one attached hydrogen (secondary N) is 2. The number of hydrogen-bond acceptors (Lipinski definition) is 3. The standard InChI is InChI=1S/C33H41N3O/c1-7-9-13-27(19-24(4)33(37)34-6)20-26(8-2)21-29-22-28(17-16-23(29)3)30-14-11-18-35-32(30)31-15-10-12-25(5)36-31/h8,10-13,15-18,21-22,24,35H,3,7,9,14,19-20H2,1-2,4-6H3,(H,34,37)/b26-8-,27-13+,29-21-/t24-/m1/s1. The average molecular weight is 496 g/mol. The topological polar surface area (TPSA) is 54.0 Å². The lowest BCUT2D eigenvalue weighted by atomic mass is 9.92. The summed E-state index contributed by atoms with van der Waals surface area (Å²) in [5, 5.41) is 8.32. The lowest BCUT2D eigenvalue weighted by molar-refractivity contribution is -0.123. The van der Waals surface area contributed by atoms with E-state index in [0.717, 1.165) is 59.6 Å². The number of aromatic nitrogens is 1. The second-order valence-electron chi connectivity index (χ2n) is 9.74. The Balaban J connectivity index is 1.98. The number of pyridine rings is 1. The highest BCUT2D eigenvalue weighted by molar-refractivity contribution is 5.90. The van der Waals surface area contributed by atoms with Gasteiger partial charge in [-0.1, -0.05) is 74.9 Å². The largest absolute Gasteiger partial charge is 0.360 e. The first kappa shape index (κ1) is 27.9. The van der Waals surface area contributed by atoms with Crippen molar-refractivity contribution >= 4 is 29.8 Å². The van der Waals surface area contributed by atoms with Crippen LogP contribution in [-0.4, -0.2) is 17.9 Å². The van der Waals surface area contributed by atoms with E-state index in [2.05, 4.69) is 79.6 Å². The van der Waals surface area contributed by atoms with Crippen LogP contribution in [0.25, 0.3) is 23.9 Å². The van der Waals surface area contributed by atoms with Crippen LogP contribution in [0, 0.1) is 12.8 Å². The van der Waals surface area contributed by atoms with Gasteiger partial charge in [0.05, 0.1) is 11.4 Å². The van der Waals surface area contributed by atoms with E-state index >= 15 is 0 Å². The molecule has 2 heterocycles. The second kappa shape index (κ2) is 13.6. The highest BCUT2D eigenvalue weighted by Crippen LogP contribution is 2.29.